The molecule has 0 heterocycles. The minimum Gasteiger partial charge on any atom is -0.406 e. The maximum absolute atomic E-state index is 6.57. The summed E-state index contributed by atoms with van der Waals surface area (Å²) in [5.74, 6) is 0.729. The molecule has 18 heavy (non-hydrogen) atoms. The lowest BCUT2D eigenvalue weighted by Gasteiger charge is -2.41. The standard InChI is InChI=1S/C14H34OSSi2/c1-9-11-13(5,6)15-18(16,10-2)17-14(7,8)12(3)4/h12,16H,9-11,17H2,1-8H3. The van der Waals surface area contributed by atoms with Gasteiger partial charge in [-0.2, -0.15) is 12.1 Å². The van der Waals surface area contributed by atoms with E-state index < -0.39 is 6.98 Å². The average molecular weight is 307 g/mol. The predicted molar refractivity (Wildman–Crippen MR) is 92.7 cm³/mol. The van der Waals surface area contributed by atoms with Crippen molar-refractivity contribution in [3.8, 4) is 0 Å². The molecule has 1 unspecified atom stereocenters. The molecular formula is C14H34OSSi2. The minimum atomic E-state index is -1.76. The van der Waals surface area contributed by atoms with Gasteiger partial charge in [0, 0.05) is 0 Å². The molecule has 0 saturated heterocycles. The van der Waals surface area contributed by atoms with Crippen molar-refractivity contribution in [2.24, 2.45) is 5.92 Å². The van der Waals surface area contributed by atoms with E-state index in [1.54, 1.807) is 0 Å². The zero-order chi connectivity index (χ0) is 14.6. The van der Waals surface area contributed by atoms with Crippen molar-refractivity contribution in [1.29, 1.82) is 0 Å². The van der Waals surface area contributed by atoms with Gasteiger partial charge in [0.25, 0.3) is 0 Å². The summed E-state index contributed by atoms with van der Waals surface area (Å²) in [4.78, 5) is 0. The molecule has 0 amide bonds. The van der Waals surface area contributed by atoms with E-state index in [-0.39, 0.29) is 14.6 Å². The van der Waals surface area contributed by atoms with Gasteiger partial charge in [-0.1, -0.05) is 48.0 Å². The van der Waals surface area contributed by atoms with E-state index in [0.29, 0.717) is 5.04 Å². The van der Waals surface area contributed by atoms with Crippen molar-refractivity contribution in [1.82, 2.24) is 0 Å². The third-order valence-electron chi connectivity index (χ3n) is 4.17. The number of thiol groups is 1. The lowest BCUT2D eigenvalue weighted by molar-refractivity contribution is 0.0980. The number of hydrogen-bond donors (Lipinski definition) is 1. The Balaban J connectivity index is 4.82. The summed E-state index contributed by atoms with van der Waals surface area (Å²) >= 11 is 5.07. The molecule has 0 fully saturated rings. The van der Waals surface area contributed by atoms with Crippen molar-refractivity contribution in [2.45, 2.75) is 84.9 Å². The first kappa shape index (κ1) is 18.7. The highest BCUT2D eigenvalue weighted by atomic mass is 32.3. The molecule has 0 aliphatic rings. The molecular weight excluding hydrogens is 272 g/mol. The maximum atomic E-state index is 6.57. The molecule has 0 N–H and O–H groups in total. The maximum Gasteiger partial charge on any atom is 0.229 e. The molecule has 1 nitrogen and oxygen atoms in total. The summed E-state index contributed by atoms with van der Waals surface area (Å²) in [6.07, 6.45) is 2.32. The van der Waals surface area contributed by atoms with Gasteiger partial charge < -0.3 is 4.43 Å². The van der Waals surface area contributed by atoms with Gasteiger partial charge in [0.05, 0.1) is 14.6 Å². The Bertz CT molecular complexity index is 254. The summed E-state index contributed by atoms with van der Waals surface area (Å²) in [7, 11) is -0.307. The monoisotopic (exact) mass is 306 g/mol. The van der Waals surface area contributed by atoms with Crippen LogP contribution in [0, 0.1) is 5.92 Å². The first-order valence-corrected chi connectivity index (χ1v) is 13.8. The Labute approximate surface area is 123 Å². The van der Waals surface area contributed by atoms with Crippen LogP contribution in [-0.2, 0) is 4.43 Å². The van der Waals surface area contributed by atoms with Crippen LogP contribution in [0.25, 0.3) is 0 Å². The molecule has 4 heteroatoms. The molecule has 110 valence electrons. The molecule has 0 aromatic heterocycles. The summed E-state index contributed by atoms with van der Waals surface area (Å²) in [5.41, 5.74) is 0.0127. The fraction of sp³-hybridized carbons (Fsp3) is 1.00. The summed E-state index contributed by atoms with van der Waals surface area (Å²) in [6.45, 7) is 16.7. The molecule has 1 atom stereocenters. The highest BCUT2D eigenvalue weighted by Crippen LogP contribution is 2.39. The van der Waals surface area contributed by atoms with Crippen molar-refractivity contribution in [3.63, 3.8) is 0 Å². The first-order chi connectivity index (χ1) is 7.98. The molecule has 0 aromatic carbocycles. The average Bonchev–Trinajstić information content (AvgIpc) is 2.15. The topological polar surface area (TPSA) is 9.23 Å². The molecule has 0 aromatic rings. The highest BCUT2D eigenvalue weighted by Gasteiger charge is 2.41. The van der Waals surface area contributed by atoms with Crippen LogP contribution >= 0.6 is 12.1 Å². The van der Waals surface area contributed by atoms with E-state index in [4.69, 9.17) is 16.5 Å². The molecule has 0 radical (unpaired) electrons. The lowest BCUT2D eigenvalue weighted by Crippen LogP contribution is -2.50. The lowest BCUT2D eigenvalue weighted by atomic mass is 9.99. The van der Waals surface area contributed by atoms with Gasteiger partial charge in [0.1, 0.15) is 0 Å². The van der Waals surface area contributed by atoms with Gasteiger partial charge in [-0.05, 0) is 37.3 Å². The summed E-state index contributed by atoms with van der Waals surface area (Å²) in [5, 5.41) is 0.451. The Hall–Kier alpha value is 0.744. The van der Waals surface area contributed by atoms with Crippen molar-refractivity contribution >= 4 is 28.1 Å². The quantitative estimate of drug-likeness (QED) is 0.513. The van der Waals surface area contributed by atoms with Crippen LogP contribution in [0.3, 0.4) is 0 Å². The summed E-state index contributed by atoms with van der Waals surface area (Å²) in [6, 6.07) is 1.14. The second-order valence-electron chi connectivity index (χ2n) is 7.23. The van der Waals surface area contributed by atoms with Crippen LogP contribution in [0.1, 0.15) is 68.2 Å². The largest absolute Gasteiger partial charge is 0.406 e. The Morgan fingerprint density at radius 3 is 2.00 bits per heavy atom. The number of hydrogen-bond acceptors (Lipinski definition) is 2. The second-order valence-corrected chi connectivity index (χ2v) is 20.9. The molecule has 0 aliphatic heterocycles. The van der Waals surface area contributed by atoms with Crippen LogP contribution in [0.5, 0.6) is 0 Å². The van der Waals surface area contributed by atoms with Gasteiger partial charge >= 0.3 is 0 Å². The first-order valence-electron chi connectivity index (χ1n) is 7.40. The van der Waals surface area contributed by atoms with Crippen molar-refractivity contribution in [3.05, 3.63) is 0 Å². The third-order valence-corrected chi connectivity index (χ3v) is 17.5. The zero-order valence-electron chi connectivity index (χ0n) is 13.8. The van der Waals surface area contributed by atoms with Crippen molar-refractivity contribution in [2.75, 3.05) is 0 Å². The van der Waals surface area contributed by atoms with Gasteiger partial charge in [-0.15, -0.1) is 0 Å². The van der Waals surface area contributed by atoms with Gasteiger partial charge in [-0.25, -0.2) is 0 Å². The molecule has 0 spiro atoms. The van der Waals surface area contributed by atoms with Crippen LogP contribution in [-0.4, -0.2) is 21.6 Å². The molecule has 0 rings (SSSR count). The number of rotatable bonds is 8. The predicted octanol–water partition coefficient (Wildman–Crippen LogP) is 4.49. The van der Waals surface area contributed by atoms with Crippen LogP contribution < -0.4 is 0 Å². The van der Waals surface area contributed by atoms with E-state index in [1.165, 1.54) is 6.42 Å². The van der Waals surface area contributed by atoms with Gasteiger partial charge in [-0.3, -0.25) is 0 Å². The Kier molecular flexibility index (Phi) is 7.24. The van der Waals surface area contributed by atoms with Crippen LogP contribution in [0.4, 0.5) is 0 Å². The van der Waals surface area contributed by atoms with E-state index in [2.05, 4.69) is 55.4 Å². The van der Waals surface area contributed by atoms with Crippen LogP contribution in [0.2, 0.25) is 11.1 Å². The van der Waals surface area contributed by atoms with E-state index in [9.17, 15) is 0 Å². The second kappa shape index (κ2) is 6.96. The fourth-order valence-corrected chi connectivity index (χ4v) is 17.8. The van der Waals surface area contributed by atoms with Crippen molar-refractivity contribution < 1.29 is 4.43 Å². The van der Waals surface area contributed by atoms with E-state index >= 15 is 0 Å². The smallest absolute Gasteiger partial charge is 0.229 e. The minimum absolute atomic E-state index is 0.0127. The fourth-order valence-electron chi connectivity index (χ4n) is 2.32. The van der Waals surface area contributed by atoms with Crippen LogP contribution in [0.15, 0.2) is 0 Å². The Morgan fingerprint density at radius 2 is 1.67 bits per heavy atom. The third kappa shape index (κ3) is 6.26. The Morgan fingerprint density at radius 1 is 1.17 bits per heavy atom. The molecule has 0 aliphatic carbocycles. The van der Waals surface area contributed by atoms with Gasteiger partial charge in [0.15, 0.2) is 0 Å². The van der Waals surface area contributed by atoms with E-state index in [0.717, 1.165) is 18.4 Å². The highest BCUT2D eigenvalue weighted by molar-refractivity contribution is 8.19. The van der Waals surface area contributed by atoms with Gasteiger partial charge in [0.2, 0.25) is 6.98 Å². The molecule has 0 bridgehead atoms. The zero-order valence-corrected chi connectivity index (χ0v) is 17.1. The SMILES string of the molecule is CCCC(C)(C)O[Si](S)(CC)[SiH2]C(C)(C)C(C)C. The summed E-state index contributed by atoms with van der Waals surface area (Å²) < 4.78 is 6.57. The normalized spacial score (nSPS) is 17.7. The molecule has 0 saturated carbocycles. The van der Waals surface area contributed by atoms with E-state index in [1.807, 2.05) is 0 Å².